The molecule has 0 atom stereocenters. The van der Waals surface area contributed by atoms with Crippen molar-refractivity contribution in [2.24, 2.45) is 10.9 Å². The van der Waals surface area contributed by atoms with Gasteiger partial charge in [-0.25, -0.2) is 4.99 Å². The van der Waals surface area contributed by atoms with Gasteiger partial charge >= 0.3 is 0 Å². The zero-order valence-electron chi connectivity index (χ0n) is 15.4. The fourth-order valence-corrected chi connectivity index (χ4v) is 3.89. The second-order valence-corrected chi connectivity index (χ2v) is 7.70. The van der Waals surface area contributed by atoms with Crippen LogP contribution >= 0.6 is 0 Å². The van der Waals surface area contributed by atoms with Crippen LogP contribution in [0.3, 0.4) is 0 Å². The van der Waals surface area contributed by atoms with E-state index < -0.39 is 0 Å². The topological polar surface area (TPSA) is 48.1 Å². The molecule has 136 valence electrons. The normalized spacial score (nSPS) is 20.5. The maximum atomic E-state index is 5.29. The minimum atomic E-state index is 0.834. The van der Waals surface area contributed by atoms with Crippen LogP contribution in [-0.4, -0.2) is 59.2 Å². The highest BCUT2D eigenvalue weighted by Gasteiger charge is 2.31. The van der Waals surface area contributed by atoms with Crippen LogP contribution < -0.4 is 0 Å². The third-order valence-electron chi connectivity index (χ3n) is 5.52. The van der Waals surface area contributed by atoms with E-state index in [1.54, 1.807) is 0 Å². The molecule has 1 aliphatic carbocycles. The lowest BCUT2D eigenvalue weighted by Gasteiger charge is -2.37. The predicted molar refractivity (Wildman–Crippen MR) is 97.9 cm³/mol. The van der Waals surface area contributed by atoms with Gasteiger partial charge in [-0.1, -0.05) is 11.6 Å². The zero-order valence-corrected chi connectivity index (χ0v) is 15.4. The van der Waals surface area contributed by atoms with Gasteiger partial charge in [-0.3, -0.25) is 0 Å². The summed E-state index contributed by atoms with van der Waals surface area (Å²) in [4.78, 5) is 11.9. The van der Waals surface area contributed by atoms with Gasteiger partial charge in [0.2, 0.25) is 0 Å². The van der Waals surface area contributed by atoms with Gasteiger partial charge in [0.25, 0.3) is 0 Å². The Labute approximate surface area is 150 Å². The van der Waals surface area contributed by atoms with E-state index in [1.807, 2.05) is 13.0 Å². The molecule has 3 heterocycles. The Hall–Kier alpha value is -1.98. The monoisotopic (exact) mass is 343 g/mol. The van der Waals surface area contributed by atoms with Gasteiger partial charge in [-0.05, 0) is 38.5 Å². The van der Waals surface area contributed by atoms with Gasteiger partial charge in [-0.15, -0.1) is 0 Å². The Morgan fingerprint density at radius 1 is 1.28 bits per heavy atom. The Bertz CT molecular complexity index is 661. The largest absolute Gasteiger partial charge is 0.361 e. The lowest BCUT2D eigenvalue weighted by Crippen LogP contribution is -2.44. The summed E-state index contributed by atoms with van der Waals surface area (Å²) in [6.07, 6.45) is 9.78. The Morgan fingerprint density at radius 3 is 2.88 bits per heavy atom. The van der Waals surface area contributed by atoms with Crippen molar-refractivity contribution in [3.63, 3.8) is 0 Å². The van der Waals surface area contributed by atoms with Gasteiger partial charge in [-0.2, -0.15) is 0 Å². The third kappa shape index (κ3) is 3.67. The second-order valence-electron chi connectivity index (χ2n) is 7.70. The summed E-state index contributed by atoms with van der Waals surface area (Å²) in [7, 11) is 2.16. The van der Waals surface area contributed by atoms with E-state index in [4.69, 9.17) is 9.52 Å². The smallest absolute Gasteiger partial charge is 0.152 e. The van der Waals surface area contributed by atoms with E-state index >= 15 is 0 Å². The van der Waals surface area contributed by atoms with E-state index in [0.717, 1.165) is 56.5 Å². The average molecular weight is 343 g/mol. The van der Waals surface area contributed by atoms with Gasteiger partial charge < -0.3 is 19.2 Å². The summed E-state index contributed by atoms with van der Waals surface area (Å²) in [5.74, 6) is 3.05. The standard InChI is InChI=1S/C19H29N5O/c1-15-10-17(25-21-15)8-3-4-9-23-12-18-19(22(2)14-23)20-13-24(18)11-16-6-5-7-16/h10,12,16H,3-9,11,13-14H2,1-2H3. The Kier molecular flexibility index (Phi) is 4.68. The molecule has 25 heavy (non-hydrogen) atoms. The van der Waals surface area contributed by atoms with Gasteiger partial charge in [0.05, 0.1) is 18.1 Å². The van der Waals surface area contributed by atoms with Crippen molar-refractivity contribution in [2.75, 3.05) is 33.5 Å². The van der Waals surface area contributed by atoms with Gasteiger partial charge in [0.1, 0.15) is 12.4 Å². The lowest BCUT2D eigenvalue weighted by atomic mass is 9.85. The van der Waals surface area contributed by atoms with E-state index in [-0.39, 0.29) is 0 Å². The fourth-order valence-electron chi connectivity index (χ4n) is 3.89. The molecule has 0 bridgehead atoms. The van der Waals surface area contributed by atoms with Crippen LogP contribution in [0.15, 0.2) is 27.5 Å². The fraction of sp³-hybridized carbons (Fsp3) is 0.684. The molecule has 6 nitrogen and oxygen atoms in total. The minimum absolute atomic E-state index is 0.834. The van der Waals surface area contributed by atoms with Crippen molar-refractivity contribution in [3.05, 3.63) is 29.4 Å². The van der Waals surface area contributed by atoms with Crippen LogP contribution in [0.4, 0.5) is 0 Å². The first kappa shape index (κ1) is 16.5. The van der Waals surface area contributed by atoms with Crippen LogP contribution in [0.2, 0.25) is 0 Å². The molecular weight excluding hydrogens is 314 g/mol. The first-order valence-corrected chi connectivity index (χ1v) is 9.58. The SMILES string of the molecule is Cc1cc(CCCCN2C=C3C(=NCN3CC3CCC3)N(C)C2)on1. The van der Waals surface area contributed by atoms with Crippen molar-refractivity contribution in [2.45, 2.75) is 45.4 Å². The van der Waals surface area contributed by atoms with Crippen molar-refractivity contribution in [1.82, 2.24) is 19.9 Å². The molecule has 0 amide bonds. The maximum Gasteiger partial charge on any atom is 0.152 e. The van der Waals surface area contributed by atoms with Crippen LogP contribution in [0.25, 0.3) is 0 Å². The summed E-state index contributed by atoms with van der Waals surface area (Å²) in [6, 6.07) is 2.04. The third-order valence-corrected chi connectivity index (χ3v) is 5.52. The van der Waals surface area contributed by atoms with E-state index in [1.165, 1.54) is 37.3 Å². The molecular formula is C19H29N5O. The highest BCUT2D eigenvalue weighted by Crippen LogP contribution is 2.31. The minimum Gasteiger partial charge on any atom is -0.361 e. The second kappa shape index (κ2) is 7.10. The van der Waals surface area contributed by atoms with Crippen molar-refractivity contribution in [3.8, 4) is 0 Å². The molecule has 1 fully saturated rings. The summed E-state index contributed by atoms with van der Waals surface area (Å²) in [5, 5.41) is 3.95. The Balaban J connectivity index is 1.30. The molecule has 0 saturated heterocycles. The molecule has 1 saturated carbocycles. The number of aromatic nitrogens is 1. The Morgan fingerprint density at radius 2 is 2.16 bits per heavy atom. The molecule has 0 radical (unpaired) electrons. The zero-order chi connectivity index (χ0) is 17.2. The summed E-state index contributed by atoms with van der Waals surface area (Å²) >= 11 is 0. The summed E-state index contributed by atoms with van der Waals surface area (Å²) < 4.78 is 5.29. The van der Waals surface area contributed by atoms with Gasteiger partial charge in [0, 0.05) is 38.8 Å². The highest BCUT2D eigenvalue weighted by atomic mass is 16.5. The number of fused-ring (bicyclic) bond motifs is 1. The van der Waals surface area contributed by atoms with Crippen LogP contribution in [0, 0.1) is 12.8 Å². The molecule has 3 aliphatic rings. The van der Waals surface area contributed by atoms with Crippen molar-refractivity contribution < 1.29 is 4.52 Å². The van der Waals surface area contributed by atoms with E-state index in [0.29, 0.717) is 0 Å². The number of rotatable bonds is 7. The average Bonchev–Trinajstić information content (AvgIpc) is 3.14. The van der Waals surface area contributed by atoms with Crippen LogP contribution in [-0.2, 0) is 6.42 Å². The van der Waals surface area contributed by atoms with Crippen molar-refractivity contribution in [1.29, 1.82) is 0 Å². The summed E-state index contributed by atoms with van der Waals surface area (Å²) in [5.41, 5.74) is 2.29. The number of amidine groups is 1. The predicted octanol–water partition coefficient (Wildman–Crippen LogP) is 2.82. The van der Waals surface area contributed by atoms with Gasteiger partial charge in [0.15, 0.2) is 5.84 Å². The molecule has 0 spiro atoms. The molecule has 1 aromatic heterocycles. The highest BCUT2D eigenvalue weighted by molar-refractivity contribution is 5.99. The lowest BCUT2D eigenvalue weighted by molar-refractivity contribution is 0.210. The molecule has 0 unspecified atom stereocenters. The van der Waals surface area contributed by atoms with Crippen LogP contribution in [0.5, 0.6) is 0 Å². The molecule has 2 aliphatic heterocycles. The molecule has 0 N–H and O–H groups in total. The molecule has 4 rings (SSSR count). The van der Waals surface area contributed by atoms with E-state index in [2.05, 4.69) is 33.1 Å². The number of hydrogen-bond donors (Lipinski definition) is 0. The summed E-state index contributed by atoms with van der Waals surface area (Å²) in [6.45, 7) is 5.98. The first-order valence-electron chi connectivity index (χ1n) is 9.58. The maximum absolute atomic E-state index is 5.29. The molecule has 6 heteroatoms. The van der Waals surface area contributed by atoms with Crippen molar-refractivity contribution >= 4 is 5.84 Å². The number of unbranched alkanes of at least 4 members (excludes halogenated alkanes) is 1. The van der Waals surface area contributed by atoms with E-state index in [9.17, 15) is 0 Å². The number of aliphatic imine (C=N–C) groups is 1. The number of aryl methyl sites for hydroxylation is 2. The number of likely N-dealkylation sites (N-methyl/N-ethyl adjacent to an activating group) is 1. The van der Waals surface area contributed by atoms with Crippen LogP contribution in [0.1, 0.15) is 43.6 Å². The molecule has 0 aromatic carbocycles. The molecule has 1 aromatic rings. The quantitative estimate of drug-likeness (QED) is 0.713. The number of hydrogen-bond acceptors (Lipinski definition) is 6. The first-order chi connectivity index (χ1) is 12.2. The number of nitrogens with zero attached hydrogens (tertiary/aromatic N) is 5.